The quantitative estimate of drug-likeness (QED) is 0.703. The fraction of sp³-hybridized carbons (Fsp3) is 0.222. The number of alkyl halides is 3. The number of hydrogen-bond donors (Lipinski definition) is 1. The fourth-order valence-corrected chi connectivity index (χ4v) is 4.18. The zero-order chi connectivity index (χ0) is 19.2. The van der Waals surface area contributed by atoms with Crippen molar-refractivity contribution in [2.24, 2.45) is 4.99 Å². The number of fused-ring (bicyclic) bond motifs is 1. The molecule has 0 bridgehead atoms. The van der Waals surface area contributed by atoms with Gasteiger partial charge in [0.15, 0.2) is 5.11 Å². The Bertz CT molecular complexity index is 932. The van der Waals surface area contributed by atoms with E-state index in [0.717, 1.165) is 21.4 Å². The predicted octanol–water partition coefficient (Wildman–Crippen LogP) is 4.19. The van der Waals surface area contributed by atoms with E-state index in [-0.39, 0.29) is 5.75 Å². The van der Waals surface area contributed by atoms with Crippen LogP contribution in [0.5, 0.6) is 5.75 Å². The number of aliphatic imine (C=N–C) groups is 1. The van der Waals surface area contributed by atoms with Crippen molar-refractivity contribution in [1.29, 1.82) is 0 Å². The lowest BCUT2D eigenvalue weighted by Crippen LogP contribution is -2.44. The number of amidine groups is 1. The van der Waals surface area contributed by atoms with Crippen LogP contribution in [0.1, 0.15) is 11.1 Å². The lowest BCUT2D eigenvalue weighted by molar-refractivity contribution is -0.274. The molecule has 2 aliphatic heterocycles. The number of hydrogen-bond acceptors (Lipinski definition) is 3. The summed E-state index contributed by atoms with van der Waals surface area (Å²) in [5, 5.41) is 3.88. The van der Waals surface area contributed by atoms with E-state index in [4.69, 9.17) is 12.2 Å². The van der Waals surface area contributed by atoms with Crippen molar-refractivity contribution in [2.75, 3.05) is 13.1 Å². The first-order valence-corrected chi connectivity index (χ1v) is 9.27. The molecular formula is C18H13BrF3N3OS. The van der Waals surface area contributed by atoms with E-state index < -0.39 is 11.9 Å². The Hall–Kier alpha value is -2.13. The van der Waals surface area contributed by atoms with E-state index in [0.29, 0.717) is 18.2 Å². The third-order valence-corrected chi connectivity index (χ3v) is 5.31. The minimum absolute atomic E-state index is 0.276. The molecule has 0 aliphatic carbocycles. The molecule has 0 radical (unpaired) electrons. The number of halogens is 4. The van der Waals surface area contributed by atoms with Crippen molar-refractivity contribution in [3.05, 3.63) is 64.1 Å². The van der Waals surface area contributed by atoms with Gasteiger partial charge in [-0.2, -0.15) is 0 Å². The van der Waals surface area contributed by atoms with Crippen LogP contribution in [0.2, 0.25) is 0 Å². The molecule has 2 aromatic carbocycles. The van der Waals surface area contributed by atoms with E-state index >= 15 is 0 Å². The maximum Gasteiger partial charge on any atom is 0.573 e. The Morgan fingerprint density at radius 2 is 1.89 bits per heavy atom. The van der Waals surface area contributed by atoms with Crippen LogP contribution in [0.15, 0.2) is 58.0 Å². The Morgan fingerprint density at radius 3 is 2.56 bits per heavy atom. The molecular weight excluding hydrogens is 443 g/mol. The summed E-state index contributed by atoms with van der Waals surface area (Å²) in [5.41, 5.74) is 0.737. The van der Waals surface area contributed by atoms with Crippen molar-refractivity contribution in [3.8, 4) is 5.75 Å². The number of thiocarbonyl (C=S) groups is 1. The van der Waals surface area contributed by atoms with Gasteiger partial charge in [-0.3, -0.25) is 4.99 Å². The van der Waals surface area contributed by atoms with Gasteiger partial charge in [-0.25, -0.2) is 0 Å². The average molecular weight is 456 g/mol. The van der Waals surface area contributed by atoms with Crippen LogP contribution in [-0.2, 0) is 5.54 Å². The number of ether oxygens (including phenoxy) is 1. The molecule has 1 fully saturated rings. The Labute approximate surface area is 167 Å². The van der Waals surface area contributed by atoms with E-state index in [1.807, 2.05) is 29.2 Å². The number of nitrogens with one attached hydrogen (secondary N) is 1. The lowest BCUT2D eigenvalue weighted by atomic mass is 9.82. The van der Waals surface area contributed by atoms with Crippen molar-refractivity contribution in [2.45, 2.75) is 11.9 Å². The molecule has 0 amide bonds. The molecule has 27 heavy (non-hydrogen) atoms. The highest BCUT2D eigenvalue weighted by molar-refractivity contribution is 9.10. The molecule has 2 heterocycles. The van der Waals surface area contributed by atoms with Crippen LogP contribution < -0.4 is 10.1 Å². The first-order chi connectivity index (χ1) is 12.8. The van der Waals surface area contributed by atoms with Gasteiger partial charge in [-0.15, -0.1) is 13.2 Å². The summed E-state index contributed by atoms with van der Waals surface area (Å²) < 4.78 is 42.3. The maximum absolute atomic E-state index is 12.5. The molecule has 0 saturated carbocycles. The molecule has 2 aliphatic rings. The topological polar surface area (TPSA) is 36.9 Å². The largest absolute Gasteiger partial charge is 0.573 e. The SMILES string of the molecule is FC(F)(F)Oc1ccc(C2(c3cccc(Br)c3)NC(=S)N3CCN=C32)cc1. The second kappa shape index (κ2) is 6.49. The summed E-state index contributed by atoms with van der Waals surface area (Å²) in [6, 6.07) is 13.5. The third kappa shape index (κ3) is 3.19. The second-order valence-electron chi connectivity index (χ2n) is 6.12. The Balaban J connectivity index is 1.84. The molecule has 1 unspecified atom stereocenters. The highest BCUT2D eigenvalue weighted by Gasteiger charge is 2.51. The summed E-state index contributed by atoms with van der Waals surface area (Å²) in [6.07, 6.45) is -4.73. The summed E-state index contributed by atoms with van der Waals surface area (Å²) in [4.78, 5) is 6.56. The smallest absolute Gasteiger partial charge is 0.406 e. The monoisotopic (exact) mass is 455 g/mol. The third-order valence-electron chi connectivity index (χ3n) is 4.49. The summed E-state index contributed by atoms with van der Waals surface area (Å²) in [6.45, 7) is 1.29. The van der Waals surface area contributed by atoms with Crippen molar-refractivity contribution < 1.29 is 17.9 Å². The number of nitrogens with zero attached hydrogens (tertiary/aromatic N) is 2. The highest BCUT2D eigenvalue weighted by Crippen LogP contribution is 2.40. The molecule has 2 aromatic rings. The summed E-state index contributed by atoms with van der Waals surface area (Å²) >= 11 is 8.96. The number of benzene rings is 2. The summed E-state index contributed by atoms with van der Waals surface area (Å²) in [7, 11) is 0. The first-order valence-electron chi connectivity index (χ1n) is 8.06. The minimum Gasteiger partial charge on any atom is -0.406 e. The standard InChI is InChI=1S/C18H13BrF3N3OS/c19-13-3-1-2-12(10-13)17(15-23-8-9-25(15)16(27)24-17)11-4-6-14(7-5-11)26-18(20,21)22/h1-7,10H,8-9H2,(H,24,27). The van der Waals surface area contributed by atoms with Gasteiger partial charge in [0.2, 0.25) is 0 Å². The second-order valence-corrected chi connectivity index (χ2v) is 7.42. The van der Waals surface area contributed by atoms with Crippen LogP contribution in [0.3, 0.4) is 0 Å². The van der Waals surface area contributed by atoms with E-state index in [2.05, 4.69) is 31.0 Å². The molecule has 1 N–H and O–H groups in total. The van der Waals surface area contributed by atoms with Gasteiger partial charge in [0, 0.05) is 11.0 Å². The Morgan fingerprint density at radius 1 is 1.15 bits per heavy atom. The number of rotatable bonds is 3. The molecule has 140 valence electrons. The van der Waals surface area contributed by atoms with Gasteiger partial charge < -0.3 is 15.0 Å². The molecule has 4 nitrogen and oxygen atoms in total. The van der Waals surface area contributed by atoms with Gasteiger partial charge in [0.1, 0.15) is 17.1 Å². The zero-order valence-corrected chi connectivity index (χ0v) is 16.2. The summed E-state index contributed by atoms with van der Waals surface area (Å²) in [5.74, 6) is 0.469. The molecule has 4 rings (SSSR count). The highest BCUT2D eigenvalue weighted by atomic mass is 79.9. The normalized spacial score (nSPS) is 21.7. The lowest BCUT2D eigenvalue weighted by Gasteiger charge is -2.30. The van der Waals surface area contributed by atoms with Crippen LogP contribution in [-0.4, -0.2) is 35.3 Å². The van der Waals surface area contributed by atoms with Crippen LogP contribution in [0, 0.1) is 0 Å². The molecule has 0 spiro atoms. The van der Waals surface area contributed by atoms with Gasteiger partial charge >= 0.3 is 6.36 Å². The van der Waals surface area contributed by atoms with Gasteiger partial charge in [0.05, 0.1) is 6.54 Å². The van der Waals surface area contributed by atoms with E-state index in [1.165, 1.54) is 12.1 Å². The predicted molar refractivity (Wildman–Crippen MR) is 103 cm³/mol. The van der Waals surface area contributed by atoms with Crippen LogP contribution in [0.25, 0.3) is 0 Å². The van der Waals surface area contributed by atoms with Crippen molar-refractivity contribution >= 4 is 39.1 Å². The Kier molecular flexibility index (Phi) is 4.38. The first kappa shape index (κ1) is 18.2. The fourth-order valence-electron chi connectivity index (χ4n) is 3.45. The molecule has 1 saturated heterocycles. The van der Waals surface area contributed by atoms with Gasteiger partial charge in [0.25, 0.3) is 0 Å². The molecule has 1 atom stereocenters. The van der Waals surface area contributed by atoms with E-state index in [1.54, 1.807) is 12.1 Å². The maximum atomic E-state index is 12.5. The molecule has 0 aromatic heterocycles. The molecule has 9 heteroatoms. The van der Waals surface area contributed by atoms with Gasteiger partial charge in [-0.1, -0.05) is 40.2 Å². The van der Waals surface area contributed by atoms with Crippen molar-refractivity contribution in [3.63, 3.8) is 0 Å². The zero-order valence-electron chi connectivity index (χ0n) is 13.8. The van der Waals surface area contributed by atoms with Crippen molar-refractivity contribution in [1.82, 2.24) is 10.2 Å². The van der Waals surface area contributed by atoms with Crippen LogP contribution >= 0.6 is 28.1 Å². The van der Waals surface area contributed by atoms with E-state index in [9.17, 15) is 13.2 Å². The van der Waals surface area contributed by atoms with Gasteiger partial charge in [-0.05, 0) is 47.6 Å². The van der Waals surface area contributed by atoms with Crippen LogP contribution in [0.4, 0.5) is 13.2 Å². The average Bonchev–Trinajstić information content (AvgIpc) is 3.18. The minimum atomic E-state index is -4.73.